The zero-order valence-electron chi connectivity index (χ0n) is 13.0. The number of esters is 1. The first-order valence-electron chi connectivity index (χ1n) is 7.12. The molecule has 5 heteroatoms. The fourth-order valence-electron chi connectivity index (χ4n) is 2.11. The second kappa shape index (κ2) is 8.34. The van der Waals surface area contributed by atoms with Crippen LogP contribution in [0.3, 0.4) is 0 Å². The van der Waals surface area contributed by atoms with Gasteiger partial charge in [-0.05, 0) is 29.3 Å². The molecule has 0 N–H and O–H groups in total. The molecule has 0 spiro atoms. The van der Waals surface area contributed by atoms with Crippen LogP contribution in [0.25, 0.3) is 0 Å². The summed E-state index contributed by atoms with van der Waals surface area (Å²) >= 11 is 6.09. The third-order valence-corrected chi connectivity index (χ3v) is 3.62. The van der Waals surface area contributed by atoms with Gasteiger partial charge in [0.1, 0.15) is 5.75 Å². The Morgan fingerprint density at radius 3 is 2.57 bits per heavy atom. The van der Waals surface area contributed by atoms with E-state index in [4.69, 9.17) is 21.1 Å². The molecule has 0 amide bonds. The molecule has 2 aromatic carbocycles. The fraction of sp³-hybridized carbons (Fsp3) is 0.222. The summed E-state index contributed by atoms with van der Waals surface area (Å²) in [4.78, 5) is 16.3. The lowest BCUT2D eigenvalue weighted by Gasteiger charge is -2.10. The van der Waals surface area contributed by atoms with Crippen molar-refractivity contribution in [3.8, 4) is 5.75 Å². The van der Waals surface area contributed by atoms with Crippen molar-refractivity contribution < 1.29 is 14.3 Å². The Hall–Kier alpha value is -2.33. The molecule has 2 aromatic rings. The van der Waals surface area contributed by atoms with Crippen molar-refractivity contribution in [2.45, 2.75) is 12.5 Å². The second-order valence-electron chi connectivity index (χ2n) is 4.90. The summed E-state index contributed by atoms with van der Waals surface area (Å²) in [7, 11) is 2.92. The zero-order valence-corrected chi connectivity index (χ0v) is 13.8. The summed E-state index contributed by atoms with van der Waals surface area (Å²) in [6, 6.07) is 14.4. The molecule has 0 heterocycles. The quantitative estimate of drug-likeness (QED) is 0.600. The van der Waals surface area contributed by atoms with Crippen LogP contribution in [0.15, 0.2) is 53.5 Å². The molecule has 0 aliphatic rings. The number of nitrogens with zero attached hydrogens (tertiary/aromatic N) is 1. The molecule has 23 heavy (non-hydrogen) atoms. The first-order valence-corrected chi connectivity index (χ1v) is 7.50. The van der Waals surface area contributed by atoms with E-state index in [1.165, 1.54) is 7.11 Å². The molecule has 0 saturated carbocycles. The third kappa shape index (κ3) is 4.83. The molecular formula is C18H18ClNO3. The summed E-state index contributed by atoms with van der Waals surface area (Å²) in [5.41, 5.74) is 1.81. The van der Waals surface area contributed by atoms with E-state index in [-0.39, 0.29) is 5.97 Å². The van der Waals surface area contributed by atoms with Gasteiger partial charge in [-0.15, -0.1) is 0 Å². The van der Waals surface area contributed by atoms with Crippen LogP contribution in [0.4, 0.5) is 0 Å². The van der Waals surface area contributed by atoms with Crippen LogP contribution in [-0.2, 0) is 16.0 Å². The molecular weight excluding hydrogens is 314 g/mol. The molecule has 0 fully saturated rings. The molecule has 0 saturated heterocycles. The van der Waals surface area contributed by atoms with Gasteiger partial charge in [0.25, 0.3) is 0 Å². The smallest absolute Gasteiger partial charge is 0.330 e. The van der Waals surface area contributed by atoms with Crippen molar-refractivity contribution in [1.29, 1.82) is 0 Å². The van der Waals surface area contributed by atoms with Gasteiger partial charge in [-0.25, -0.2) is 4.79 Å². The normalized spacial score (nSPS) is 12.1. The Morgan fingerprint density at radius 1 is 1.22 bits per heavy atom. The summed E-state index contributed by atoms with van der Waals surface area (Å²) in [5.74, 6) is 0.224. The number of aliphatic imine (C=N–C) groups is 1. The van der Waals surface area contributed by atoms with E-state index in [9.17, 15) is 4.79 Å². The Balaban J connectivity index is 2.17. The Morgan fingerprint density at radius 2 is 1.96 bits per heavy atom. The van der Waals surface area contributed by atoms with Crippen LogP contribution in [-0.4, -0.2) is 32.4 Å². The molecule has 0 radical (unpaired) electrons. The Kier molecular flexibility index (Phi) is 6.18. The highest BCUT2D eigenvalue weighted by molar-refractivity contribution is 6.32. The standard InChI is InChI=1S/C18H18ClNO3/c1-22-17-9-8-14(10-15(17)19)12-20-16(18(21)23-2)11-13-6-4-3-5-7-13/h3-10,12,16H,11H2,1-2H3. The van der Waals surface area contributed by atoms with Crippen molar-refractivity contribution in [2.24, 2.45) is 4.99 Å². The van der Waals surface area contributed by atoms with Crippen LogP contribution in [0.2, 0.25) is 5.02 Å². The number of halogens is 1. The Bertz CT molecular complexity index is 686. The minimum atomic E-state index is -0.594. The molecule has 0 aliphatic heterocycles. The van der Waals surface area contributed by atoms with Gasteiger partial charge in [-0.1, -0.05) is 41.9 Å². The minimum Gasteiger partial charge on any atom is -0.495 e. The van der Waals surface area contributed by atoms with Crippen molar-refractivity contribution >= 4 is 23.8 Å². The molecule has 0 bridgehead atoms. The number of hydrogen-bond donors (Lipinski definition) is 0. The number of methoxy groups -OCH3 is 2. The van der Waals surface area contributed by atoms with Gasteiger partial charge in [0, 0.05) is 12.6 Å². The monoisotopic (exact) mass is 331 g/mol. The van der Waals surface area contributed by atoms with E-state index in [0.717, 1.165) is 11.1 Å². The highest BCUT2D eigenvalue weighted by Gasteiger charge is 2.17. The number of carbonyl (C=O) groups excluding carboxylic acids is 1. The predicted octanol–water partition coefficient (Wildman–Crippen LogP) is 3.55. The van der Waals surface area contributed by atoms with Crippen molar-refractivity contribution in [3.63, 3.8) is 0 Å². The molecule has 0 aromatic heterocycles. The molecule has 4 nitrogen and oxygen atoms in total. The number of ether oxygens (including phenoxy) is 2. The lowest BCUT2D eigenvalue weighted by Crippen LogP contribution is -2.23. The maximum atomic E-state index is 11.9. The second-order valence-corrected chi connectivity index (χ2v) is 5.31. The molecule has 0 aliphatic carbocycles. The zero-order chi connectivity index (χ0) is 16.7. The van der Waals surface area contributed by atoms with Crippen LogP contribution < -0.4 is 4.74 Å². The van der Waals surface area contributed by atoms with Gasteiger partial charge in [0.05, 0.1) is 19.2 Å². The average Bonchev–Trinajstić information content (AvgIpc) is 2.59. The van der Waals surface area contributed by atoms with Crippen molar-refractivity contribution in [1.82, 2.24) is 0 Å². The van der Waals surface area contributed by atoms with Crippen molar-refractivity contribution in [3.05, 3.63) is 64.7 Å². The van der Waals surface area contributed by atoms with Crippen LogP contribution in [0.1, 0.15) is 11.1 Å². The van der Waals surface area contributed by atoms with Crippen LogP contribution in [0, 0.1) is 0 Å². The summed E-state index contributed by atoms with van der Waals surface area (Å²) < 4.78 is 9.94. The SMILES string of the molecule is COC(=O)C(Cc1ccccc1)N=Cc1ccc(OC)c(Cl)c1. The molecule has 2 rings (SSSR count). The number of carbonyl (C=O) groups is 1. The van der Waals surface area contributed by atoms with Gasteiger partial charge >= 0.3 is 5.97 Å². The largest absolute Gasteiger partial charge is 0.495 e. The molecule has 120 valence electrons. The van der Waals surface area contributed by atoms with Gasteiger partial charge in [-0.3, -0.25) is 4.99 Å². The van der Waals surface area contributed by atoms with Gasteiger partial charge in [-0.2, -0.15) is 0 Å². The molecule has 1 unspecified atom stereocenters. The van der Waals surface area contributed by atoms with E-state index in [1.807, 2.05) is 36.4 Å². The van der Waals surface area contributed by atoms with Gasteiger partial charge in [0.15, 0.2) is 6.04 Å². The first kappa shape index (κ1) is 17.0. The summed E-state index contributed by atoms with van der Waals surface area (Å²) in [6.45, 7) is 0. The van der Waals surface area contributed by atoms with E-state index in [0.29, 0.717) is 17.2 Å². The van der Waals surface area contributed by atoms with E-state index in [2.05, 4.69) is 4.99 Å². The predicted molar refractivity (Wildman–Crippen MR) is 91.5 cm³/mol. The van der Waals surface area contributed by atoms with E-state index < -0.39 is 6.04 Å². The summed E-state index contributed by atoms with van der Waals surface area (Å²) in [5, 5.41) is 0.495. The lowest BCUT2D eigenvalue weighted by molar-refractivity contribution is -0.142. The maximum Gasteiger partial charge on any atom is 0.330 e. The Labute approximate surface area is 140 Å². The third-order valence-electron chi connectivity index (χ3n) is 3.32. The average molecular weight is 332 g/mol. The number of benzene rings is 2. The van der Waals surface area contributed by atoms with E-state index >= 15 is 0 Å². The van der Waals surface area contributed by atoms with Crippen LogP contribution >= 0.6 is 11.6 Å². The van der Waals surface area contributed by atoms with Crippen LogP contribution in [0.5, 0.6) is 5.75 Å². The number of rotatable bonds is 6. The van der Waals surface area contributed by atoms with E-state index in [1.54, 1.807) is 25.5 Å². The van der Waals surface area contributed by atoms with Gasteiger partial charge in [0.2, 0.25) is 0 Å². The number of hydrogen-bond acceptors (Lipinski definition) is 4. The van der Waals surface area contributed by atoms with Crippen molar-refractivity contribution in [2.75, 3.05) is 14.2 Å². The fourth-order valence-corrected chi connectivity index (χ4v) is 2.38. The summed E-state index contributed by atoms with van der Waals surface area (Å²) in [6.07, 6.45) is 2.10. The topological polar surface area (TPSA) is 47.9 Å². The maximum absolute atomic E-state index is 11.9. The highest BCUT2D eigenvalue weighted by Crippen LogP contribution is 2.24. The molecule has 1 atom stereocenters. The van der Waals surface area contributed by atoms with Gasteiger partial charge < -0.3 is 9.47 Å². The highest BCUT2D eigenvalue weighted by atomic mass is 35.5. The first-order chi connectivity index (χ1) is 11.1. The lowest BCUT2D eigenvalue weighted by atomic mass is 10.1. The minimum absolute atomic E-state index is 0.371.